The second-order valence-corrected chi connectivity index (χ2v) is 3.96. The maximum Gasteiger partial charge on any atom is 0.405 e. The lowest BCUT2D eigenvalue weighted by Gasteiger charge is -2.32. The zero-order valence-corrected chi connectivity index (χ0v) is 7.44. The van der Waals surface area contributed by atoms with E-state index in [9.17, 15) is 13.2 Å². The van der Waals surface area contributed by atoms with Crippen LogP contribution in [0.2, 0.25) is 0 Å². The molecule has 0 aliphatic carbocycles. The molecule has 5 heteroatoms. The summed E-state index contributed by atoms with van der Waals surface area (Å²) in [7, 11) is 0. The molecule has 0 heterocycles. The largest absolute Gasteiger partial charge is 0.405 e. The first-order valence-electron chi connectivity index (χ1n) is 3.64. The average molecular weight is 184 g/mol. The SMILES string of the molecule is CC(C)(C)[C@H](N)[C@@H](N)C(F)(F)F. The van der Waals surface area contributed by atoms with Crippen LogP contribution < -0.4 is 11.5 Å². The molecule has 0 unspecified atom stereocenters. The minimum atomic E-state index is -4.41. The fraction of sp³-hybridized carbons (Fsp3) is 1.00. The monoisotopic (exact) mass is 184 g/mol. The third kappa shape index (κ3) is 2.98. The Morgan fingerprint density at radius 1 is 0.917 bits per heavy atom. The standard InChI is InChI=1S/C7H15F3N2/c1-6(2,3)4(11)5(12)7(8,9)10/h4-5H,11-12H2,1-3H3/t4-,5-/m1/s1. The van der Waals surface area contributed by atoms with E-state index in [1.165, 1.54) is 0 Å². The number of halogens is 3. The summed E-state index contributed by atoms with van der Waals surface area (Å²) in [5.74, 6) is 0. The van der Waals surface area contributed by atoms with E-state index < -0.39 is 23.7 Å². The number of nitrogens with two attached hydrogens (primary N) is 2. The van der Waals surface area contributed by atoms with Crippen molar-refractivity contribution in [3.05, 3.63) is 0 Å². The highest BCUT2D eigenvalue weighted by Crippen LogP contribution is 2.28. The van der Waals surface area contributed by atoms with Crippen LogP contribution in [0.1, 0.15) is 20.8 Å². The zero-order valence-electron chi connectivity index (χ0n) is 7.44. The number of hydrogen-bond donors (Lipinski definition) is 2. The summed E-state index contributed by atoms with van der Waals surface area (Å²) < 4.78 is 36.1. The normalized spacial score (nSPS) is 19.0. The topological polar surface area (TPSA) is 52.0 Å². The van der Waals surface area contributed by atoms with E-state index in [1.807, 2.05) is 0 Å². The minimum absolute atomic E-state index is 0.630. The predicted molar refractivity (Wildman–Crippen MR) is 41.5 cm³/mol. The van der Waals surface area contributed by atoms with Crippen molar-refractivity contribution in [3.63, 3.8) is 0 Å². The van der Waals surface area contributed by atoms with Crippen molar-refractivity contribution in [2.75, 3.05) is 0 Å². The molecule has 0 aromatic heterocycles. The van der Waals surface area contributed by atoms with Gasteiger partial charge in [0.1, 0.15) is 6.04 Å². The Balaban J connectivity index is 4.41. The third-order valence-corrected chi connectivity index (χ3v) is 1.76. The summed E-state index contributed by atoms with van der Waals surface area (Å²) in [5, 5.41) is 0. The van der Waals surface area contributed by atoms with Crippen LogP contribution in [-0.4, -0.2) is 18.3 Å². The molecule has 0 amide bonds. The smallest absolute Gasteiger partial charge is 0.326 e. The van der Waals surface area contributed by atoms with Gasteiger partial charge in [-0.05, 0) is 5.41 Å². The molecule has 2 nitrogen and oxygen atoms in total. The van der Waals surface area contributed by atoms with Crippen molar-refractivity contribution >= 4 is 0 Å². The fourth-order valence-corrected chi connectivity index (χ4v) is 0.742. The van der Waals surface area contributed by atoms with Gasteiger partial charge in [0.2, 0.25) is 0 Å². The summed E-state index contributed by atoms with van der Waals surface area (Å²) in [6.07, 6.45) is -4.41. The highest BCUT2D eigenvalue weighted by atomic mass is 19.4. The number of hydrogen-bond acceptors (Lipinski definition) is 2. The van der Waals surface area contributed by atoms with E-state index in [1.54, 1.807) is 20.8 Å². The van der Waals surface area contributed by atoms with Crippen LogP contribution >= 0.6 is 0 Å². The minimum Gasteiger partial charge on any atom is -0.326 e. The van der Waals surface area contributed by atoms with Crippen LogP contribution in [-0.2, 0) is 0 Å². The summed E-state index contributed by atoms with van der Waals surface area (Å²) in [4.78, 5) is 0. The lowest BCUT2D eigenvalue weighted by Crippen LogP contribution is -2.56. The maximum atomic E-state index is 12.0. The average Bonchev–Trinajstić information content (AvgIpc) is 1.80. The van der Waals surface area contributed by atoms with Gasteiger partial charge < -0.3 is 11.5 Å². The molecule has 74 valence electrons. The first-order valence-corrected chi connectivity index (χ1v) is 3.64. The molecular formula is C7H15F3N2. The van der Waals surface area contributed by atoms with E-state index in [0.29, 0.717) is 0 Å². The second-order valence-electron chi connectivity index (χ2n) is 3.96. The van der Waals surface area contributed by atoms with Crippen molar-refractivity contribution < 1.29 is 13.2 Å². The van der Waals surface area contributed by atoms with Gasteiger partial charge in [-0.15, -0.1) is 0 Å². The van der Waals surface area contributed by atoms with Gasteiger partial charge in [-0.1, -0.05) is 20.8 Å². The summed E-state index contributed by atoms with van der Waals surface area (Å²) in [6, 6.07) is -3.02. The molecule has 0 aromatic rings. The van der Waals surface area contributed by atoms with Crippen molar-refractivity contribution in [2.45, 2.75) is 39.0 Å². The van der Waals surface area contributed by atoms with E-state index in [2.05, 4.69) is 0 Å². The van der Waals surface area contributed by atoms with Gasteiger partial charge in [-0.3, -0.25) is 0 Å². The third-order valence-electron chi connectivity index (χ3n) is 1.76. The van der Waals surface area contributed by atoms with Crippen LogP contribution in [0.4, 0.5) is 13.2 Å². The molecule has 2 atom stereocenters. The van der Waals surface area contributed by atoms with Gasteiger partial charge in [-0.2, -0.15) is 13.2 Å². The van der Waals surface area contributed by atoms with Crippen molar-refractivity contribution in [1.29, 1.82) is 0 Å². The van der Waals surface area contributed by atoms with E-state index in [0.717, 1.165) is 0 Å². The summed E-state index contributed by atoms with van der Waals surface area (Å²) in [5.41, 5.74) is 9.64. The summed E-state index contributed by atoms with van der Waals surface area (Å²) in [6.45, 7) is 4.88. The lowest BCUT2D eigenvalue weighted by molar-refractivity contribution is -0.157. The Bertz CT molecular complexity index is 130. The number of alkyl halides is 3. The van der Waals surface area contributed by atoms with Crippen LogP contribution in [0.5, 0.6) is 0 Å². The molecule has 0 saturated carbocycles. The van der Waals surface area contributed by atoms with Crippen molar-refractivity contribution in [3.8, 4) is 0 Å². The highest BCUT2D eigenvalue weighted by Gasteiger charge is 2.44. The van der Waals surface area contributed by atoms with Crippen molar-refractivity contribution in [1.82, 2.24) is 0 Å². The Labute approximate surface area is 70.1 Å². The van der Waals surface area contributed by atoms with E-state index in [4.69, 9.17) is 11.5 Å². The Hall–Kier alpha value is -0.290. The zero-order chi connectivity index (χ0) is 10.2. The van der Waals surface area contributed by atoms with Crippen LogP contribution in [0, 0.1) is 5.41 Å². The highest BCUT2D eigenvalue weighted by molar-refractivity contribution is 4.90. The van der Waals surface area contributed by atoms with E-state index >= 15 is 0 Å². The molecule has 0 aliphatic rings. The summed E-state index contributed by atoms with van der Waals surface area (Å²) >= 11 is 0. The van der Waals surface area contributed by atoms with Crippen molar-refractivity contribution in [2.24, 2.45) is 16.9 Å². The predicted octanol–water partition coefficient (Wildman–Crippen LogP) is 1.25. The molecule has 0 fully saturated rings. The molecule has 0 aromatic carbocycles. The number of rotatable bonds is 1. The molecule has 12 heavy (non-hydrogen) atoms. The first kappa shape index (κ1) is 11.7. The molecule has 0 radical (unpaired) electrons. The lowest BCUT2D eigenvalue weighted by atomic mass is 9.83. The Morgan fingerprint density at radius 2 is 1.25 bits per heavy atom. The molecule has 0 spiro atoms. The van der Waals surface area contributed by atoms with Crippen LogP contribution in [0.15, 0.2) is 0 Å². The molecule has 0 bridgehead atoms. The van der Waals surface area contributed by atoms with Gasteiger partial charge in [0.05, 0.1) is 0 Å². The Morgan fingerprint density at radius 3 is 1.33 bits per heavy atom. The van der Waals surface area contributed by atoms with Crippen LogP contribution in [0.3, 0.4) is 0 Å². The molecule has 0 aliphatic heterocycles. The quantitative estimate of drug-likeness (QED) is 0.644. The van der Waals surface area contributed by atoms with Gasteiger partial charge in [-0.25, -0.2) is 0 Å². The molecule has 4 N–H and O–H groups in total. The first-order chi connectivity index (χ1) is 5.07. The maximum absolute atomic E-state index is 12.0. The van der Waals surface area contributed by atoms with Gasteiger partial charge >= 0.3 is 6.18 Å². The Kier molecular flexibility index (Phi) is 3.14. The molecular weight excluding hydrogens is 169 g/mol. The van der Waals surface area contributed by atoms with Crippen LogP contribution in [0.25, 0.3) is 0 Å². The van der Waals surface area contributed by atoms with Gasteiger partial charge in [0, 0.05) is 6.04 Å². The second kappa shape index (κ2) is 3.22. The van der Waals surface area contributed by atoms with E-state index in [-0.39, 0.29) is 0 Å². The van der Waals surface area contributed by atoms with Gasteiger partial charge in [0.15, 0.2) is 0 Å². The van der Waals surface area contributed by atoms with Gasteiger partial charge in [0.25, 0.3) is 0 Å². The molecule has 0 rings (SSSR count). The molecule has 0 saturated heterocycles. The fourth-order valence-electron chi connectivity index (χ4n) is 0.742.